The molecule has 2 aliphatic heterocycles. The number of ether oxygens (including phenoxy) is 2. The number of esters is 1. The van der Waals surface area contributed by atoms with E-state index in [0.717, 1.165) is 54.8 Å². The summed E-state index contributed by atoms with van der Waals surface area (Å²) >= 11 is 0. The van der Waals surface area contributed by atoms with Crippen molar-refractivity contribution in [2.45, 2.75) is 52.1 Å². The Balaban J connectivity index is 0.000000416. The summed E-state index contributed by atoms with van der Waals surface area (Å²) in [5, 5.41) is 7.08. The van der Waals surface area contributed by atoms with Crippen molar-refractivity contribution < 1.29 is 14.3 Å². The summed E-state index contributed by atoms with van der Waals surface area (Å²) in [6.07, 6.45) is 5.63. The van der Waals surface area contributed by atoms with Gasteiger partial charge in [0.2, 0.25) is 0 Å². The van der Waals surface area contributed by atoms with Gasteiger partial charge in [-0.3, -0.25) is 4.79 Å². The minimum atomic E-state index is -0.240. The van der Waals surface area contributed by atoms with Gasteiger partial charge in [-0.1, -0.05) is 63.2 Å². The Morgan fingerprint density at radius 3 is 2.34 bits per heavy atom. The van der Waals surface area contributed by atoms with Gasteiger partial charge in [0.25, 0.3) is 0 Å². The summed E-state index contributed by atoms with van der Waals surface area (Å²) in [6, 6.07) is 16.3. The number of piperidine rings is 1. The molecule has 1 saturated heterocycles. The van der Waals surface area contributed by atoms with Crippen molar-refractivity contribution in [2.75, 3.05) is 20.2 Å². The van der Waals surface area contributed by atoms with Gasteiger partial charge in [0.1, 0.15) is 11.4 Å². The van der Waals surface area contributed by atoms with E-state index < -0.39 is 0 Å². The van der Waals surface area contributed by atoms with E-state index in [1.807, 2.05) is 45.0 Å². The van der Waals surface area contributed by atoms with Crippen molar-refractivity contribution in [3.8, 4) is 5.75 Å². The fraction of sp³-hybridized carbons (Fsp3) is 0.407. The molecule has 0 amide bonds. The number of nitrogens with one attached hydrogen (secondary N) is 2. The average molecular weight is 482 g/mol. The zero-order chi connectivity index (χ0) is 25.7. The molecule has 8 heteroatoms. The van der Waals surface area contributed by atoms with Crippen molar-refractivity contribution in [3.05, 3.63) is 71.3 Å². The molecule has 8 nitrogen and oxygen atoms in total. The Labute approximate surface area is 208 Å². The highest BCUT2D eigenvalue weighted by Gasteiger charge is 2.36. The summed E-state index contributed by atoms with van der Waals surface area (Å²) in [5.74, 6) is 12.1. The van der Waals surface area contributed by atoms with E-state index in [4.69, 9.17) is 16.4 Å². The Bertz CT molecular complexity index is 996. The highest BCUT2D eigenvalue weighted by molar-refractivity contribution is 5.98. The second-order valence-electron chi connectivity index (χ2n) is 8.00. The average Bonchev–Trinajstić information content (AvgIpc) is 2.91. The monoisotopic (exact) mass is 481 g/mol. The third kappa shape index (κ3) is 7.31. The minimum Gasteiger partial charge on any atom is -0.482 e. The van der Waals surface area contributed by atoms with Gasteiger partial charge in [-0.15, -0.1) is 0 Å². The lowest BCUT2D eigenvalue weighted by Crippen LogP contribution is -2.46. The first-order valence-electron chi connectivity index (χ1n) is 12.2. The lowest BCUT2D eigenvalue weighted by molar-refractivity contribution is -0.140. The van der Waals surface area contributed by atoms with Crippen LogP contribution in [0.15, 0.2) is 59.7 Å². The molecule has 0 bridgehead atoms. The van der Waals surface area contributed by atoms with Crippen LogP contribution in [0.1, 0.15) is 63.1 Å². The van der Waals surface area contributed by atoms with E-state index in [1.165, 1.54) is 12.7 Å². The van der Waals surface area contributed by atoms with Crippen molar-refractivity contribution >= 4 is 17.4 Å². The van der Waals surface area contributed by atoms with E-state index in [-0.39, 0.29) is 11.6 Å². The van der Waals surface area contributed by atoms with Gasteiger partial charge in [-0.2, -0.15) is 5.10 Å². The van der Waals surface area contributed by atoms with Gasteiger partial charge in [0.05, 0.1) is 7.11 Å². The van der Waals surface area contributed by atoms with Crippen LogP contribution in [0, 0.1) is 0 Å². The topological polar surface area (TPSA) is 124 Å². The second kappa shape index (κ2) is 14.1. The highest BCUT2D eigenvalue weighted by atomic mass is 16.5. The molecule has 6 N–H and O–H groups in total. The first-order chi connectivity index (χ1) is 17.1. The van der Waals surface area contributed by atoms with Crippen LogP contribution in [0.4, 0.5) is 0 Å². The van der Waals surface area contributed by atoms with E-state index >= 15 is 0 Å². The molecule has 190 valence electrons. The maximum absolute atomic E-state index is 10.2. The fourth-order valence-electron chi connectivity index (χ4n) is 4.01. The normalized spacial score (nSPS) is 15.7. The number of hydrogen-bond acceptors (Lipinski definition) is 7. The molecule has 2 aliphatic rings. The molecular weight excluding hydrogens is 442 g/mol. The molecule has 2 heterocycles. The van der Waals surface area contributed by atoms with Crippen LogP contribution in [0.3, 0.4) is 0 Å². The first kappa shape index (κ1) is 27.9. The fourth-order valence-corrected chi connectivity index (χ4v) is 4.01. The molecule has 0 aromatic heterocycles. The number of rotatable bonds is 4. The van der Waals surface area contributed by atoms with Gasteiger partial charge < -0.3 is 26.1 Å². The van der Waals surface area contributed by atoms with Crippen molar-refractivity contribution in [3.63, 3.8) is 0 Å². The number of nitrogens with zero attached hydrogens (tertiary/aromatic N) is 1. The van der Waals surface area contributed by atoms with Crippen molar-refractivity contribution in [1.29, 1.82) is 0 Å². The Hall–Kier alpha value is -3.36. The molecular formula is C27H39N5O3. The van der Waals surface area contributed by atoms with Crippen LogP contribution in [0.2, 0.25) is 0 Å². The Morgan fingerprint density at radius 2 is 1.80 bits per heavy atom. The van der Waals surface area contributed by atoms with E-state index in [1.54, 1.807) is 0 Å². The van der Waals surface area contributed by atoms with Crippen LogP contribution in [-0.2, 0) is 9.53 Å². The number of nitrogens with two attached hydrogens (primary N) is 2. The van der Waals surface area contributed by atoms with Crippen molar-refractivity contribution in [1.82, 2.24) is 10.7 Å². The number of hydrogen-bond donors (Lipinski definition) is 4. The van der Waals surface area contributed by atoms with Gasteiger partial charge in [-0.05, 0) is 42.8 Å². The maximum Gasteiger partial charge on any atom is 0.305 e. The molecule has 0 atom stereocenters. The second-order valence-corrected chi connectivity index (χ2v) is 8.00. The maximum atomic E-state index is 10.2. The van der Waals surface area contributed by atoms with Gasteiger partial charge >= 0.3 is 5.97 Å². The molecule has 1 spiro atoms. The number of fused-ring (bicyclic) bond motifs is 1. The van der Waals surface area contributed by atoms with Crippen LogP contribution >= 0.6 is 0 Å². The molecule has 0 radical (unpaired) electrons. The molecule has 4 rings (SSSR count). The number of methoxy groups -OCH3 is 1. The number of carbonyl (C=O) groups excluding carboxylic acids is 1. The zero-order valence-corrected chi connectivity index (χ0v) is 21.3. The molecule has 1 fully saturated rings. The highest BCUT2D eigenvalue weighted by Crippen LogP contribution is 2.42. The van der Waals surface area contributed by atoms with Crippen LogP contribution in [0.5, 0.6) is 5.75 Å². The molecule has 35 heavy (non-hydrogen) atoms. The molecule has 0 unspecified atom stereocenters. The summed E-state index contributed by atoms with van der Waals surface area (Å²) in [4.78, 5) is 10.2. The number of para-hydroxylation sites is 1. The van der Waals surface area contributed by atoms with Gasteiger partial charge in [0.15, 0.2) is 5.84 Å². The Kier molecular flexibility index (Phi) is 11.3. The number of benzene rings is 2. The SMILES string of the molecule is CC.CCCC(=O)OC.N/N=C(\NN)c1ccc(C2=CC3(CCNCC3)Oc3ccccc32)cc1. The predicted octanol–water partition coefficient (Wildman–Crippen LogP) is 3.70. The minimum absolute atomic E-state index is 0.123. The zero-order valence-electron chi connectivity index (χ0n) is 21.3. The predicted molar refractivity (Wildman–Crippen MR) is 142 cm³/mol. The third-order valence-corrected chi connectivity index (χ3v) is 5.76. The lowest BCUT2D eigenvalue weighted by Gasteiger charge is -2.40. The number of hydrazone groups is 1. The third-order valence-electron chi connectivity index (χ3n) is 5.76. The standard InChI is InChI=1S/C20H23N5O.C5H10O2.C2H6/c21-24-19(25-22)15-7-5-14(6-8-15)17-13-20(9-11-23-12-10-20)26-18-4-2-1-3-16(17)18;1-3-4-5(6)7-2;1-2/h1-8,13,23H,9-12,21-22H2,(H,24,25);3-4H2,1-2H3;1-2H3. The molecule has 0 aliphatic carbocycles. The van der Waals surface area contributed by atoms with Crippen LogP contribution in [-0.4, -0.2) is 37.6 Å². The summed E-state index contributed by atoms with van der Waals surface area (Å²) in [6.45, 7) is 7.86. The molecule has 2 aromatic rings. The molecule has 2 aromatic carbocycles. The summed E-state index contributed by atoms with van der Waals surface area (Å²) in [7, 11) is 1.40. The van der Waals surface area contributed by atoms with E-state index in [2.05, 4.69) is 50.9 Å². The van der Waals surface area contributed by atoms with E-state index in [9.17, 15) is 4.79 Å². The van der Waals surface area contributed by atoms with E-state index in [0.29, 0.717) is 12.3 Å². The van der Waals surface area contributed by atoms with Crippen LogP contribution < -0.4 is 27.2 Å². The van der Waals surface area contributed by atoms with Gasteiger partial charge in [-0.25, -0.2) is 5.84 Å². The quantitative estimate of drug-likeness (QED) is 0.173. The van der Waals surface area contributed by atoms with Crippen molar-refractivity contribution in [2.24, 2.45) is 16.8 Å². The number of carbonyl (C=O) groups is 1. The lowest BCUT2D eigenvalue weighted by atomic mass is 9.83. The van der Waals surface area contributed by atoms with Gasteiger partial charge in [0, 0.05) is 30.4 Å². The largest absolute Gasteiger partial charge is 0.482 e. The number of amidine groups is 1. The Morgan fingerprint density at radius 1 is 1.14 bits per heavy atom. The first-order valence-corrected chi connectivity index (χ1v) is 12.2. The van der Waals surface area contributed by atoms with Crippen LogP contribution in [0.25, 0.3) is 5.57 Å². The summed E-state index contributed by atoms with van der Waals surface area (Å²) < 4.78 is 10.8. The summed E-state index contributed by atoms with van der Waals surface area (Å²) in [5.41, 5.74) is 6.57. The number of hydrazine groups is 1. The molecule has 0 saturated carbocycles. The smallest absolute Gasteiger partial charge is 0.305 e.